The largest absolute Gasteiger partial charge is 0.332 e. The summed E-state index contributed by atoms with van der Waals surface area (Å²) in [6.45, 7) is 4.36. The van der Waals surface area contributed by atoms with Crippen molar-refractivity contribution in [2.24, 2.45) is 5.92 Å². The Hall–Kier alpha value is -0.400. The first kappa shape index (κ1) is 14.7. The molecule has 0 fully saturated rings. The molecule has 5 nitrogen and oxygen atoms in total. The predicted octanol–water partition coefficient (Wildman–Crippen LogP) is 1.67. The maximum absolute atomic E-state index is 11.9. The summed E-state index contributed by atoms with van der Waals surface area (Å²) in [4.78, 5) is 6.77. The van der Waals surface area contributed by atoms with E-state index in [1.54, 1.807) is 0 Å². The highest BCUT2D eigenvalue weighted by Crippen LogP contribution is 2.08. The Morgan fingerprint density at radius 2 is 2.29 bits per heavy atom. The van der Waals surface area contributed by atoms with Crippen LogP contribution in [0.25, 0.3) is 0 Å². The minimum atomic E-state index is -3.45. The van der Waals surface area contributed by atoms with E-state index in [1.165, 1.54) is 6.20 Å². The summed E-state index contributed by atoms with van der Waals surface area (Å²) in [7, 11) is -3.45. The lowest BCUT2D eigenvalue weighted by molar-refractivity contribution is 0.530. The lowest BCUT2D eigenvalue weighted by atomic mass is 10.1. The predicted molar refractivity (Wildman–Crippen MR) is 70.7 cm³/mol. The maximum atomic E-state index is 11.9. The van der Waals surface area contributed by atoms with Crippen LogP contribution in [0.5, 0.6) is 0 Å². The lowest BCUT2D eigenvalue weighted by Gasteiger charge is -2.10. The molecule has 2 N–H and O–H groups in total. The Balaban J connectivity index is 2.62. The van der Waals surface area contributed by atoms with Gasteiger partial charge < -0.3 is 4.98 Å². The maximum Gasteiger partial charge on any atom is 0.257 e. The molecule has 98 valence electrons. The fourth-order valence-electron chi connectivity index (χ4n) is 1.28. The Morgan fingerprint density at radius 1 is 1.59 bits per heavy atom. The summed E-state index contributed by atoms with van der Waals surface area (Å²) in [6, 6.07) is 0. The average molecular weight is 324 g/mol. The van der Waals surface area contributed by atoms with Gasteiger partial charge in [-0.25, -0.2) is 18.1 Å². The van der Waals surface area contributed by atoms with E-state index in [4.69, 9.17) is 0 Å². The number of nitrogens with one attached hydrogen (secondary N) is 2. The molecule has 1 unspecified atom stereocenters. The fraction of sp³-hybridized carbons (Fsp3) is 0.700. The van der Waals surface area contributed by atoms with E-state index < -0.39 is 10.0 Å². The Kier molecular flexibility index (Phi) is 5.61. The third-order valence-corrected chi connectivity index (χ3v) is 4.24. The number of hydrogen-bond donors (Lipinski definition) is 2. The lowest BCUT2D eigenvalue weighted by Crippen LogP contribution is -2.28. The molecule has 0 saturated heterocycles. The molecule has 0 aromatic carbocycles. The first-order valence-electron chi connectivity index (χ1n) is 5.59. The second-order valence-electron chi connectivity index (χ2n) is 3.98. The zero-order chi connectivity index (χ0) is 12.9. The quantitative estimate of drug-likeness (QED) is 0.749. The third-order valence-electron chi connectivity index (χ3n) is 2.45. The van der Waals surface area contributed by atoms with Gasteiger partial charge in [0.05, 0.1) is 6.20 Å². The molecule has 0 radical (unpaired) electrons. The van der Waals surface area contributed by atoms with Gasteiger partial charge in [-0.3, -0.25) is 0 Å². The Labute approximate surface area is 111 Å². The molecule has 1 heterocycles. The number of alkyl halides is 1. The van der Waals surface area contributed by atoms with Crippen molar-refractivity contribution >= 4 is 26.0 Å². The zero-order valence-corrected chi connectivity index (χ0v) is 12.4. The number of nitrogens with zero attached hydrogens (tertiary/aromatic N) is 1. The van der Waals surface area contributed by atoms with E-state index in [2.05, 4.69) is 30.6 Å². The molecule has 0 aliphatic heterocycles. The topological polar surface area (TPSA) is 74.8 Å². The van der Waals surface area contributed by atoms with Gasteiger partial charge in [-0.05, 0) is 12.3 Å². The minimum absolute atomic E-state index is 0.139. The molecule has 7 heteroatoms. The van der Waals surface area contributed by atoms with Gasteiger partial charge >= 0.3 is 0 Å². The summed E-state index contributed by atoms with van der Waals surface area (Å²) >= 11 is 3.33. The smallest absolute Gasteiger partial charge is 0.257 e. The van der Waals surface area contributed by atoms with Gasteiger partial charge in [-0.1, -0.05) is 29.8 Å². The molecule has 0 bridgehead atoms. The van der Waals surface area contributed by atoms with E-state index >= 15 is 0 Å². The van der Waals surface area contributed by atoms with Gasteiger partial charge in [-0.2, -0.15) is 0 Å². The molecular weight excluding hydrogens is 306 g/mol. The summed E-state index contributed by atoms with van der Waals surface area (Å²) in [5.74, 6) is 0.983. The van der Waals surface area contributed by atoms with Crippen LogP contribution >= 0.6 is 15.9 Å². The van der Waals surface area contributed by atoms with Crippen LogP contribution in [0.15, 0.2) is 11.2 Å². The van der Waals surface area contributed by atoms with E-state index in [9.17, 15) is 8.42 Å². The van der Waals surface area contributed by atoms with Crippen LogP contribution in [-0.4, -0.2) is 30.3 Å². The molecular formula is C10H18BrN3O2S. The van der Waals surface area contributed by atoms with Crippen molar-refractivity contribution in [2.45, 2.75) is 31.7 Å². The van der Waals surface area contributed by atoms with Crippen LogP contribution in [-0.2, 0) is 16.4 Å². The molecule has 1 atom stereocenters. The van der Waals surface area contributed by atoms with Crippen LogP contribution in [0.1, 0.15) is 26.1 Å². The SMILES string of the molecule is CCc1ncc(S(=O)(=O)NCC(C)CCBr)[nH]1. The van der Waals surface area contributed by atoms with Crippen molar-refractivity contribution < 1.29 is 8.42 Å². The van der Waals surface area contributed by atoms with E-state index in [0.717, 1.165) is 11.8 Å². The fourth-order valence-corrected chi connectivity index (χ4v) is 3.16. The van der Waals surface area contributed by atoms with Gasteiger partial charge in [0.25, 0.3) is 10.0 Å². The van der Waals surface area contributed by atoms with Crippen LogP contribution in [0, 0.1) is 5.92 Å². The highest BCUT2D eigenvalue weighted by molar-refractivity contribution is 9.09. The Morgan fingerprint density at radius 3 is 2.82 bits per heavy atom. The third kappa shape index (κ3) is 4.40. The van der Waals surface area contributed by atoms with Gasteiger partial charge in [-0.15, -0.1) is 0 Å². The minimum Gasteiger partial charge on any atom is -0.332 e. The van der Waals surface area contributed by atoms with Crippen molar-refractivity contribution in [3.63, 3.8) is 0 Å². The molecule has 17 heavy (non-hydrogen) atoms. The van der Waals surface area contributed by atoms with Crippen LogP contribution in [0.2, 0.25) is 0 Å². The van der Waals surface area contributed by atoms with Crippen LogP contribution in [0.3, 0.4) is 0 Å². The summed E-state index contributed by atoms with van der Waals surface area (Å²) in [5, 5.41) is 1.01. The van der Waals surface area contributed by atoms with Crippen molar-refractivity contribution in [3.05, 3.63) is 12.0 Å². The molecule has 0 spiro atoms. The molecule has 0 amide bonds. The number of aryl methyl sites for hydroxylation is 1. The van der Waals surface area contributed by atoms with E-state index in [-0.39, 0.29) is 5.03 Å². The molecule has 0 saturated carbocycles. The molecule has 1 aromatic heterocycles. The number of aromatic nitrogens is 2. The highest BCUT2D eigenvalue weighted by atomic mass is 79.9. The second-order valence-corrected chi connectivity index (χ2v) is 6.51. The second kappa shape index (κ2) is 6.51. The standard InChI is InChI=1S/C10H18BrN3O2S/c1-3-9-12-7-10(14-9)17(15,16)13-6-8(2)4-5-11/h7-8,13H,3-6H2,1-2H3,(H,12,14). The van der Waals surface area contributed by atoms with Crippen molar-refractivity contribution in [2.75, 3.05) is 11.9 Å². The van der Waals surface area contributed by atoms with Crippen LogP contribution < -0.4 is 4.72 Å². The monoisotopic (exact) mass is 323 g/mol. The van der Waals surface area contributed by atoms with E-state index in [0.29, 0.717) is 24.7 Å². The summed E-state index contributed by atoms with van der Waals surface area (Å²) in [6.07, 6.45) is 2.98. The highest BCUT2D eigenvalue weighted by Gasteiger charge is 2.17. The van der Waals surface area contributed by atoms with Crippen molar-refractivity contribution in [3.8, 4) is 0 Å². The first-order valence-corrected chi connectivity index (χ1v) is 8.19. The average Bonchev–Trinajstić information content (AvgIpc) is 2.76. The van der Waals surface area contributed by atoms with Crippen LogP contribution in [0.4, 0.5) is 0 Å². The molecule has 0 aliphatic carbocycles. The number of hydrogen-bond acceptors (Lipinski definition) is 3. The van der Waals surface area contributed by atoms with Gasteiger partial charge in [0, 0.05) is 18.3 Å². The van der Waals surface area contributed by atoms with Gasteiger partial charge in [0.15, 0.2) is 5.03 Å². The van der Waals surface area contributed by atoms with Gasteiger partial charge in [0.2, 0.25) is 0 Å². The molecule has 0 aliphatic rings. The zero-order valence-electron chi connectivity index (χ0n) is 10.0. The van der Waals surface area contributed by atoms with Gasteiger partial charge in [0.1, 0.15) is 5.82 Å². The number of halogens is 1. The summed E-state index contributed by atoms with van der Waals surface area (Å²) in [5.41, 5.74) is 0. The first-order chi connectivity index (χ1) is 7.99. The molecule has 1 aromatic rings. The van der Waals surface area contributed by atoms with Crippen molar-refractivity contribution in [1.29, 1.82) is 0 Å². The number of imidazole rings is 1. The number of H-pyrrole nitrogens is 1. The van der Waals surface area contributed by atoms with E-state index in [1.807, 2.05) is 13.8 Å². The number of aromatic amines is 1. The molecule has 1 rings (SSSR count). The van der Waals surface area contributed by atoms with Crippen molar-refractivity contribution in [1.82, 2.24) is 14.7 Å². The number of sulfonamides is 1. The normalized spacial score (nSPS) is 13.8. The number of rotatable bonds is 7. The summed E-state index contributed by atoms with van der Waals surface area (Å²) < 4.78 is 26.3. The Bertz CT molecular complexity index is 444.